The molecule has 0 saturated heterocycles. The van der Waals surface area contributed by atoms with Gasteiger partial charge in [0, 0.05) is 19.1 Å². The lowest BCUT2D eigenvalue weighted by Crippen LogP contribution is -2.43. The lowest BCUT2D eigenvalue weighted by molar-refractivity contribution is 0.149. The molecule has 0 N–H and O–H groups in total. The highest BCUT2D eigenvalue weighted by atomic mass is 15.2. The first-order valence-electron chi connectivity index (χ1n) is 5.89. The molecule has 0 aromatic carbocycles. The smallest absolute Gasteiger partial charge is 0.0220 e. The number of nitrogens with zero attached hydrogens (tertiary/aromatic N) is 2. The van der Waals surface area contributed by atoms with Crippen molar-refractivity contribution >= 4 is 0 Å². The fourth-order valence-electron chi connectivity index (χ4n) is 1.93. The van der Waals surface area contributed by atoms with Gasteiger partial charge in [0.25, 0.3) is 0 Å². The van der Waals surface area contributed by atoms with Crippen molar-refractivity contribution in [2.45, 2.75) is 40.2 Å². The highest BCUT2D eigenvalue weighted by Gasteiger charge is 2.16. The summed E-state index contributed by atoms with van der Waals surface area (Å²) in [6.45, 7) is 12.7. The zero-order valence-electron chi connectivity index (χ0n) is 10.9. The molecule has 0 heterocycles. The normalized spacial score (nSPS) is 14.4. The summed E-state index contributed by atoms with van der Waals surface area (Å²) in [7, 11) is 4.32. The van der Waals surface area contributed by atoms with Crippen LogP contribution in [0.25, 0.3) is 0 Å². The molecule has 2 heteroatoms. The summed E-state index contributed by atoms with van der Waals surface area (Å²) in [6.07, 6.45) is 1.25. The topological polar surface area (TPSA) is 6.48 Å². The largest absolute Gasteiger partial charge is 0.308 e. The molecule has 0 aliphatic carbocycles. The van der Waals surface area contributed by atoms with Crippen molar-refractivity contribution in [3.8, 4) is 0 Å². The zero-order valence-corrected chi connectivity index (χ0v) is 10.9. The molecule has 0 aromatic heterocycles. The second-order valence-electron chi connectivity index (χ2n) is 4.81. The molecule has 0 amide bonds. The van der Waals surface area contributed by atoms with Gasteiger partial charge in [-0.05, 0) is 33.0 Å². The van der Waals surface area contributed by atoms with E-state index in [2.05, 4.69) is 51.6 Å². The van der Waals surface area contributed by atoms with Gasteiger partial charge in [0.1, 0.15) is 0 Å². The number of rotatable bonds is 7. The van der Waals surface area contributed by atoms with E-state index in [1.165, 1.54) is 26.1 Å². The third-order valence-electron chi connectivity index (χ3n) is 2.57. The number of hydrogen-bond acceptors (Lipinski definition) is 2. The van der Waals surface area contributed by atoms with Crippen LogP contribution in [-0.4, -0.2) is 49.6 Å². The summed E-state index contributed by atoms with van der Waals surface area (Å²) in [5.74, 6) is 0.770. The predicted octanol–water partition coefficient (Wildman–Crippen LogP) is 2.30. The lowest BCUT2D eigenvalue weighted by Gasteiger charge is -2.33. The second kappa shape index (κ2) is 7.24. The minimum Gasteiger partial charge on any atom is -0.308 e. The lowest BCUT2D eigenvalue weighted by atomic mass is 10.1. The second-order valence-corrected chi connectivity index (χ2v) is 4.81. The van der Waals surface area contributed by atoms with E-state index in [1.807, 2.05) is 0 Å². The van der Waals surface area contributed by atoms with Crippen LogP contribution in [-0.2, 0) is 0 Å². The van der Waals surface area contributed by atoms with Gasteiger partial charge in [-0.3, -0.25) is 4.90 Å². The molecule has 0 fully saturated rings. The van der Waals surface area contributed by atoms with Gasteiger partial charge in [-0.2, -0.15) is 0 Å². The average Bonchev–Trinajstić information content (AvgIpc) is 2.10. The maximum absolute atomic E-state index is 2.60. The van der Waals surface area contributed by atoms with E-state index >= 15 is 0 Å². The number of likely N-dealkylation sites (N-methyl/N-ethyl adjacent to an activating group) is 2. The van der Waals surface area contributed by atoms with Gasteiger partial charge in [0.2, 0.25) is 0 Å². The summed E-state index contributed by atoms with van der Waals surface area (Å²) in [4.78, 5) is 4.89. The third kappa shape index (κ3) is 5.61. The molecule has 0 aliphatic rings. The van der Waals surface area contributed by atoms with Crippen LogP contribution in [0.3, 0.4) is 0 Å². The molecule has 0 saturated carbocycles. The third-order valence-corrected chi connectivity index (χ3v) is 2.57. The van der Waals surface area contributed by atoms with Crippen LogP contribution in [0.2, 0.25) is 0 Å². The Morgan fingerprint density at radius 3 is 1.86 bits per heavy atom. The molecule has 0 aromatic rings. The molecule has 1 unspecified atom stereocenters. The van der Waals surface area contributed by atoms with E-state index in [4.69, 9.17) is 0 Å². The fraction of sp³-hybridized carbons (Fsp3) is 1.00. The first-order chi connectivity index (χ1) is 6.51. The van der Waals surface area contributed by atoms with Crippen LogP contribution in [0, 0.1) is 5.92 Å². The van der Waals surface area contributed by atoms with Gasteiger partial charge >= 0.3 is 0 Å². The van der Waals surface area contributed by atoms with Crippen molar-refractivity contribution in [3.63, 3.8) is 0 Å². The van der Waals surface area contributed by atoms with Crippen LogP contribution < -0.4 is 0 Å². The maximum Gasteiger partial charge on any atom is 0.0220 e. The Morgan fingerprint density at radius 1 is 1.00 bits per heavy atom. The standard InChI is InChI=1S/C12H28N2/c1-7-12(10-13(5)6)14(8-2)9-11(3)4/h11-12H,7-10H2,1-6H3. The Balaban J connectivity index is 4.14. The van der Waals surface area contributed by atoms with E-state index in [-0.39, 0.29) is 0 Å². The Morgan fingerprint density at radius 2 is 1.57 bits per heavy atom. The Bertz CT molecular complexity index is 116. The van der Waals surface area contributed by atoms with Gasteiger partial charge in [0.05, 0.1) is 0 Å². The molecular weight excluding hydrogens is 172 g/mol. The Labute approximate surface area is 90.3 Å². The van der Waals surface area contributed by atoms with E-state index in [9.17, 15) is 0 Å². The minimum absolute atomic E-state index is 0.720. The molecule has 1 atom stereocenters. The molecule has 86 valence electrons. The molecule has 0 rings (SSSR count). The maximum atomic E-state index is 2.60. The van der Waals surface area contributed by atoms with Gasteiger partial charge in [-0.25, -0.2) is 0 Å². The van der Waals surface area contributed by atoms with E-state index in [0.717, 1.165) is 12.0 Å². The summed E-state index contributed by atoms with van der Waals surface area (Å²) in [5, 5.41) is 0. The summed E-state index contributed by atoms with van der Waals surface area (Å²) < 4.78 is 0. The van der Waals surface area contributed by atoms with Crippen molar-refractivity contribution < 1.29 is 0 Å². The average molecular weight is 200 g/mol. The monoisotopic (exact) mass is 200 g/mol. The SMILES string of the molecule is CCC(CN(C)C)N(CC)CC(C)C. The van der Waals surface area contributed by atoms with Gasteiger partial charge in [0.15, 0.2) is 0 Å². The van der Waals surface area contributed by atoms with Crippen molar-refractivity contribution in [2.75, 3.05) is 33.7 Å². The summed E-state index contributed by atoms with van der Waals surface area (Å²) in [5.41, 5.74) is 0. The predicted molar refractivity (Wildman–Crippen MR) is 64.7 cm³/mol. The van der Waals surface area contributed by atoms with Crippen molar-refractivity contribution in [1.82, 2.24) is 9.80 Å². The fourth-order valence-corrected chi connectivity index (χ4v) is 1.93. The molecule has 0 radical (unpaired) electrons. The van der Waals surface area contributed by atoms with E-state index < -0.39 is 0 Å². The van der Waals surface area contributed by atoms with Gasteiger partial charge in [-0.1, -0.05) is 27.7 Å². The minimum atomic E-state index is 0.720. The molecule has 0 spiro atoms. The molecule has 14 heavy (non-hydrogen) atoms. The Hall–Kier alpha value is -0.0800. The van der Waals surface area contributed by atoms with Crippen LogP contribution >= 0.6 is 0 Å². The zero-order chi connectivity index (χ0) is 11.1. The highest BCUT2D eigenvalue weighted by Crippen LogP contribution is 2.08. The molecule has 0 aliphatic heterocycles. The van der Waals surface area contributed by atoms with Crippen LogP contribution in [0.4, 0.5) is 0 Å². The first kappa shape index (κ1) is 13.9. The Kier molecular flexibility index (Phi) is 7.20. The van der Waals surface area contributed by atoms with Crippen molar-refractivity contribution in [3.05, 3.63) is 0 Å². The van der Waals surface area contributed by atoms with Crippen LogP contribution in [0.1, 0.15) is 34.1 Å². The van der Waals surface area contributed by atoms with Crippen molar-refractivity contribution in [2.24, 2.45) is 5.92 Å². The molecule has 2 nitrogen and oxygen atoms in total. The molecular formula is C12H28N2. The van der Waals surface area contributed by atoms with Crippen molar-refractivity contribution in [1.29, 1.82) is 0 Å². The summed E-state index contributed by atoms with van der Waals surface area (Å²) in [6, 6.07) is 0.720. The number of hydrogen-bond donors (Lipinski definition) is 0. The van der Waals surface area contributed by atoms with Gasteiger partial charge in [-0.15, -0.1) is 0 Å². The highest BCUT2D eigenvalue weighted by molar-refractivity contribution is 4.72. The van der Waals surface area contributed by atoms with E-state index in [0.29, 0.717) is 0 Å². The van der Waals surface area contributed by atoms with Gasteiger partial charge < -0.3 is 4.90 Å². The first-order valence-corrected chi connectivity index (χ1v) is 5.89. The summed E-state index contributed by atoms with van der Waals surface area (Å²) >= 11 is 0. The van der Waals surface area contributed by atoms with Crippen LogP contribution in [0.15, 0.2) is 0 Å². The quantitative estimate of drug-likeness (QED) is 0.622. The van der Waals surface area contributed by atoms with E-state index in [1.54, 1.807) is 0 Å². The van der Waals surface area contributed by atoms with Crippen LogP contribution in [0.5, 0.6) is 0 Å². The molecule has 0 bridgehead atoms.